The van der Waals surface area contributed by atoms with Crippen molar-refractivity contribution < 1.29 is 9.84 Å². The van der Waals surface area contributed by atoms with Crippen molar-refractivity contribution in [1.29, 1.82) is 0 Å². The topological polar surface area (TPSA) is 69.1 Å². The molecule has 174 valence electrons. The average Bonchev–Trinajstić information content (AvgIpc) is 3.30. The standard InChI is InChI=1S/C25H34N4O2.HI/c1-4-26-25(27-17-20-10-12-22(13-11-20)29-14-5-6-15-29)28-18-24(30)21-8-7-9-23(16-21)31-19(2)3;/h5-13,16,19,24,30H,4,14-15,17-18H2,1-3H3,(H2,26,27,28);1H. The molecule has 1 atom stereocenters. The van der Waals surface area contributed by atoms with E-state index in [0.29, 0.717) is 19.0 Å². The molecule has 1 unspecified atom stereocenters. The van der Waals surface area contributed by atoms with Gasteiger partial charge in [-0.2, -0.15) is 0 Å². The summed E-state index contributed by atoms with van der Waals surface area (Å²) in [6.07, 6.45) is 3.82. The van der Waals surface area contributed by atoms with Crippen LogP contribution in [-0.4, -0.2) is 43.3 Å². The first-order valence-electron chi connectivity index (χ1n) is 11.0. The summed E-state index contributed by atoms with van der Waals surface area (Å²) in [5.41, 5.74) is 3.19. The molecule has 7 heteroatoms. The number of aliphatic hydroxyl groups excluding tert-OH is 1. The number of guanidine groups is 1. The SMILES string of the molecule is CCNC(=NCc1ccc(N2CC=CC2)cc1)NCC(O)c1cccc(OC(C)C)c1.I. The van der Waals surface area contributed by atoms with E-state index >= 15 is 0 Å². The van der Waals surface area contributed by atoms with Crippen LogP contribution in [-0.2, 0) is 6.54 Å². The fraction of sp³-hybridized carbons (Fsp3) is 0.400. The molecule has 0 radical (unpaired) electrons. The third-order valence-corrected chi connectivity index (χ3v) is 4.96. The molecular formula is C25H35IN4O2. The molecule has 32 heavy (non-hydrogen) atoms. The zero-order valence-electron chi connectivity index (χ0n) is 19.1. The number of benzene rings is 2. The van der Waals surface area contributed by atoms with Crippen LogP contribution in [0.4, 0.5) is 5.69 Å². The van der Waals surface area contributed by atoms with Crippen LogP contribution in [0.25, 0.3) is 0 Å². The molecule has 1 heterocycles. The summed E-state index contributed by atoms with van der Waals surface area (Å²) in [7, 11) is 0. The number of hydrogen-bond donors (Lipinski definition) is 3. The molecule has 0 fully saturated rings. The van der Waals surface area contributed by atoms with Gasteiger partial charge in [0.05, 0.1) is 18.8 Å². The van der Waals surface area contributed by atoms with Crippen LogP contribution in [0.15, 0.2) is 65.7 Å². The first kappa shape index (κ1) is 26.0. The summed E-state index contributed by atoms with van der Waals surface area (Å²) in [4.78, 5) is 6.99. The highest BCUT2D eigenvalue weighted by molar-refractivity contribution is 14.0. The second kappa shape index (κ2) is 13.3. The zero-order chi connectivity index (χ0) is 22.1. The summed E-state index contributed by atoms with van der Waals surface area (Å²) in [6, 6.07) is 16.1. The Morgan fingerprint density at radius 3 is 2.47 bits per heavy atom. The zero-order valence-corrected chi connectivity index (χ0v) is 21.5. The van der Waals surface area contributed by atoms with Crippen LogP contribution in [0.1, 0.15) is 38.0 Å². The Hall–Kier alpha value is -2.26. The van der Waals surface area contributed by atoms with E-state index in [1.807, 2.05) is 45.0 Å². The first-order chi connectivity index (χ1) is 15.0. The van der Waals surface area contributed by atoms with Gasteiger partial charge < -0.3 is 25.4 Å². The number of aliphatic imine (C=N–C) groups is 1. The molecule has 6 nitrogen and oxygen atoms in total. The van der Waals surface area contributed by atoms with Crippen LogP contribution >= 0.6 is 24.0 Å². The van der Waals surface area contributed by atoms with Gasteiger partial charge in [0.2, 0.25) is 0 Å². The quantitative estimate of drug-likeness (QED) is 0.189. The Balaban J connectivity index is 0.00000363. The molecule has 3 N–H and O–H groups in total. The van der Waals surface area contributed by atoms with Crippen molar-refractivity contribution in [2.75, 3.05) is 31.1 Å². The normalized spacial score (nSPS) is 14.3. The summed E-state index contributed by atoms with van der Waals surface area (Å²) < 4.78 is 5.72. The highest BCUT2D eigenvalue weighted by Crippen LogP contribution is 2.20. The van der Waals surface area contributed by atoms with E-state index in [1.54, 1.807) is 0 Å². The average molecular weight is 550 g/mol. The number of ether oxygens (including phenoxy) is 1. The molecule has 2 aromatic carbocycles. The minimum atomic E-state index is -0.659. The number of rotatable bonds is 9. The van der Waals surface area contributed by atoms with E-state index < -0.39 is 6.10 Å². The maximum Gasteiger partial charge on any atom is 0.191 e. The van der Waals surface area contributed by atoms with Gasteiger partial charge in [0.25, 0.3) is 0 Å². The van der Waals surface area contributed by atoms with Gasteiger partial charge in [-0.15, -0.1) is 24.0 Å². The van der Waals surface area contributed by atoms with Crippen LogP contribution in [0.3, 0.4) is 0 Å². The van der Waals surface area contributed by atoms with Gasteiger partial charge in [-0.1, -0.05) is 36.4 Å². The number of halogens is 1. The van der Waals surface area contributed by atoms with Crippen LogP contribution < -0.4 is 20.3 Å². The summed E-state index contributed by atoms with van der Waals surface area (Å²) >= 11 is 0. The van der Waals surface area contributed by atoms with Crippen molar-refractivity contribution in [3.63, 3.8) is 0 Å². The fourth-order valence-corrected chi connectivity index (χ4v) is 3.39. The van der Waals surface area contributed by atoms with Gasteiger partial charge in [-0.3, -0.25) is 0 Å². The number of aliphatic hydroxyl groups is 1. The lowest BCUT2D eigenvalue weighted by Crippen LogP contribution is -2.39. The van der Waals surface area contributed by atoms with Gasteiger partial charge in [0.15, 0.2) is 5.96 Å². The summed E-state index contributed by atoms with van der Waals surface area (Å²) in [6.45, 7) is 9.63. The van der Waals surface area contributed by atoms with Gasteiger partial charge in [-0.05, 0) is 56.2 Å². The van der Waals surface area contributed by atoms with Crippen molar-refractivity contribution in [3.8, 4) is 5.75 Å². The fourth-order valence-electron chi connectivity index (χ4n) is 3.39. The number of nitrogens with one attached hydrogen (secondary N) is 2. The van der Waals surface area contributed by atoms with Crippen LogP contribution in [0, 0.1) is 0 Å². The van der Waals surface area contributed by atoms with Crippen LogP contribution in [0.5, 0.6) is 5.75 Å². The molecule has 2 aromatic rings. The highest BCUT2D eigenvalue weighted by atomic mass is 127. The van der Waals surface area contributed by atoms with Crippen molar-refractivity contribution in [1.82, 2.24) is 10.6 Å². The molecule has 0 saturated carbocycles. The predicted octanol–water partition coefficient (Wildman–Crippen LogP) is 4.26. The first-order valence-corrected chi connectivity index (χ1v) is 11.0. The van der Waals surface area contributed by atoms with E-state index in [2.05, 4.69) is 56.9 Å². The third-order valence-electron chi connectivity index (χ3n) is 4.96. The molecule has 3 rings (SSSR count). The molecule has 1 aliphatic rings. The smallest absolute Gasteiger partial charge is 0.191 e. The van der Waals surface area contributed by atoms with Crippen molar-refractivity contribution >= 4 is 35.6 Å². The molecule has 0 aliphatic carbocycles. The molecular weight excluding hydrogens is 515 g/mol. The number of anilines is 1. The van der Waals surface area contributed by atoms with Crippen LogP contribution in [0.2, 0.25) is 0 Å². The van der Waals surface area contributed by atoms with Gasteiger partial charge >= 0.3 is 0 Å². The van der Waals surface area contributed by atoms with Crippen molar-refractivity contribution in [2.45, 2.75) is 39.5 Å². The lowest BCUT2D eigenvalue weighted by atomic mass is 10.1. The highest BCUT2D eigenvalue weighted by Gasteiger charge is 2.11. The molecule has 0 aromatic heterocycles. The monoisotopic (exact) mass is 550 g/mol. The third kappa shape index (κ3) is 8.02. The second-order valence-electron chi connectivity index (χ2n) is 7.87. The van der Waals surface area contributed by atoms with E-state index in [0.717, 1.165) is 36.5 Å². The molecule has 0 amide bonds. The van der Waals surface area contributed by atoms with Gasteiger partial charge in [-0.25, -0.2) is 4.99 Å². The molecule has 1 aliphatic heterocycles. The molecule has 0 saturated heterocycles. The summed E-state index contributed by atoms with van der Waals surface area (Å²) in [5, 5.41) is 17.1. The molecule has 0 bridgehead atoms. The van der Waals surface area contributed by atoms with Crippen molar-refractivity contribution in [3.05, 3.63) is 71.8 Å². The molecule has 0 spiro atoms. The Labute approximate surface area is 208 Å². The summed E-state index contributed by atoms with van der Waals surface area (Å²) in [5.74, 6) is 1.45. The number of hydrogen-bond acceptors (Lipinski definition) is 4. The predicted molar refractivity (Wildman–Crippen MR) is 143 cm³/mol. The second-order valence-corrected chi connectivity index (χ2v) is 7.87. The largest absolute Gasteiger partial charge is 0.491 e. The maximum atomic E-state index is 10.6. The maximum absolute atomic E-state index is 10.6. The van der Waals surface area contributed by atoms with Crippen molar-refractivity contribution in [2.24, 2.45) is 4.99 Å². The lowest BCUT2D eigenvalue weighted by Gasteiger charge is -2.18. The Morgan fingerprint density at radius 2 is 1.81 bits per heavy atom. The Morgan fingerprint density at radius 1 is 1.09 bits per heavy atom. The van der Waals surface area contributed by atoms with E-state index in [1.165, 1.54) is 5.69 Å². The minimum absolute atomic E-state index is 0. The van der Waals surface area contributed by atoms with E-state index in [-0.39, 0.29) is 30.1 Å². The Kier molecular flexibility index (Phi) is 10.8. The van der Waals surface area contributed by atoms with Gasteiger partial charge in [0, 0.05) is 31.9 Å². The van der Waals surface area contributed by atoms with E-state index in [4.69, 9.17) is 4.74 Å². The van der Waals surface area contributed by atoms with E-state index in [9.17, 15) is 5.11 Å². The number of nitrogens with zero attached hydrogens (tertiary/aromatic N) is 2. The van der Waals surface area contributed by atoms with Gasteiger partial charge in [0.1, 0.15) is 5.75 Å². The minimum Gasteiger partial charge on any atom is -0.491 e. The lowest BCUT2D eigenvalue weighted by molar-refractivity contribution is 0.179. The Bertz CT molecular complexity index is 876.